The van der Waals surface area contributed by atoms with Gasteiger partial charge < -0.3 is 5.32 Å². The first-order valence-corrected chi connectivity index (χ1v) is 4.33. The van der Waals surface area contributed by atoms with Crippen LogP contribution in [0.3, 0.4) is 0 Å². The molecule has 1 aliphatic heterocycles. The van der Waals surface area contributed by atoms with E-state index >= 15 is 0 Å². The van der Waals surface area contributed by atoms with Gasteiger partial charge in [0.05, 0.1) is 0 Å². The number of benzene rings is 1. The molecule has 1 aromatic carbocycles. The molecule has 0 spiro atoms. The van der Waals surface area contributed by atoms with Crippen molar-refractivity contribution in [2.45, 2.75) is 12.5 Å². The second kappa shape index (κ2) is 4.27. The molecule has 1 nitrogen and oxygen atoms in total. The number of nitrogens with one attached hydrogen (secondary N) is 1. The fourth-order valence-corrected chi connectivity index (χ4v) is 1.59. The summed E-state index contributed by atoms with van der Waals surface area (Å²) >= 11 is 5.90. The Balaban J connectivity index is 0.000000845. The van der Waals surface area contributed by atoms with Crippen molar-refractivity contribution in [3.63, 3.8) is 0 Å². The minimum Gasteiger partial charge on any atom is -0.310 e. The Labute approximate surface area is 87.7 Å². The molecule has 0 amide bonds. The Bertz CT molecular complexity index is 300. The van der Waals surface area contributed by atoms with Crippen molar-refractivity contribution in [2.24, 2.45) is 0 Å². The van der Waals surface area contributed by atoms with E-state index < -0.39 is 0 Å². The van der Waals surface area contributed by atoms with Crippen molar-refractivity contribution in [3.05, 3.63) is 34.6 Å². The summed E-state index contributed by atoms with van der Waals surface area (Å²) in [6.45, 7) is 0.998. The van der Waals surface area contributed by atoms with Crippen LogP contribution in [-0.2, 0) is 0 Å². The maximum atomic E-state index is 12.8. The molecule has 0 radical (unpaired) electrons. The molecule has 1 heterocycles. The van der Waals surface area contributed by atoms with E-state index in [0.29, 0.717) is 5.02 Å². The van der Waals surface area contributed by atoms with Crippen LogP contribution in [0, 0.1) is 5.82 Å². The third kappa shape index (κ3) is 2.13. The lowest BCUT2D eigenvalue weighted by Gasteiger charge is -2.28. The summed E-state index contributed by atoms with van der Waals surface area (Å²) in [5, 5.41) is 3.83. The zero-order valence-corrected chi connectivity index (χ0v) is 8.46. The molecule has 4 heteroatoms. The van der Waals surface area contributed by atoms with Crippen LogP contribution in [-0.4, -0.2) is 6.54 Å². The lowest BCUT2D eigenvalue weighted by molar-refractivity contribution is 0.382. The maximum absolute atomic E-state index is 12.8. The molecule has 0 saturated carbocycles. The molecule has 72 valence electrons. The van der Waals surface area contributed by atoms with Gasteiger partial charge in [-0.3, -0.25) is 0 Å². The van der Waals surface area contributed by atoms with E-state index in [4.69, 9.17) is 11.6 Å². The van der Waals surface area contributed by atoms with Gasteiger partial charge in [-0.2, -0.15) is 0 Å². The SMILES string of the molecule is Cl.Fc1ccc(Cl)c([C@@H]2CCN2)c1. The molecule has 1 atom stereocenters. The molecule has 1 fully saturated rings. The Morgan fingerprint density at radius 1 is 1.46 bits per heavy atom. The molecule has 1 aromatic rings. The van der Waals surface area contributed by atoms with E-state index in [1.807, 2.05) is 0 Å². The van der Waals surface area contributed by atoms with E-state index in [0.717, 1.165) is 18.5 Å². The van der Waals surface area contributed by atoms with Crippen LogP contribution in [0.5, 0.6) is 0 Å². The fraction of sp³-hybridized carbons (Fsp3) is 0.333. The smallest absolute Gasteiger partial charge is 0.123 e. The van der Waals surface area contributed by atoms with Crippen molar-refractivity contribution in [1.29, 1.82) is 0 Å². The lowest BCUT2D eigenvalue weighted by Crippen LogP contribution is -2.35. The summed E-state index contributed by atoms with van der Waals surface area (Å²) in [5.41, 5.74) is 0.878. The van der Waals surface area contributed by atoms with E-state index in [-0.39, 0.29) is 24.3 Å². The summed E-state index contributed by atoms with van der Waals surface area (Å²) in [4.78, 5) is 0. The first-order valence-electron chi connectivity index (χ1n) is 3.96. The van der Waals surface area contributed by atoms with Crippen molar-refractivity contribution in [3.8, 4) is 0 Å². The molecule has 2 rings (SSSR count). The van der Waals surface area contributed by atoms with Crippen molar-refractivity contribution >= 4 is 24.0 Å². The highest BCUT2D eigenvalue weighted by atomic mass is 35.5. The Morgan fingerprint density at radius 3 is 2.69 bits per heavy atom. The first kappa shape index (κ1) is 10.8. The predicted octanol–water partition coefficient (Wildman–Crippen LogP) is 2.94. The third-order valence-corrected chi connectivity index (χ3v) is 2.50. The molecular formula is C9H10Cl2FN. The highest BCUT2D eigenvalue weighted by Gasteiger charge is 2.20. The van der Waals surface area contributed by atoms with Crippen LogP contribution >= 0.6 is 24.0 Å². The van der Waals surface area contributed by atoms with Crippen molar-refractivity contribution in [2.75, 3.05) is 6.54 Å². The molecule has 0 unspecified atom stereocenters. The molecule has 1 aliphatic rings. The number of hydrogen-bond donors (Lipinski definition) is 1. The minimum absolute atomic E-state index is 0. The maximum Gasteiger partial charge on any atom is 0.123 e. The standard InChI is InChI=1S/C9H9ClFN.ClH/c10-8-2-1-6(11)5-7(8)9-3-4-12-9;/h1-2,5,9,12H,3-4H2;1H/t9-;/m0./s1. The predicted molar refractivity (Wildman–Crippen MR) is 54.0 cm³/mol. The summed E-state index contributed by atoms with van der Waals surface area (Å²) in [7, 11) is 0. The van der Waals surface area contributed by atoms with Gasteiger partial charge in [0.2, 0.25) is 0 Å². The van der Waals surface area contributed by atoms with E-state index in [9.17, 15) is 4.39 Å². The first-order chi connectivity index (χ1) is 5.77. The average Bonchev–Trinajstić information content (AvgIpc) is 1.93. The molecule has 0 aromatic heterocycles. The Hall–Kier alpha value is -0.310. The van der Waals surface area contributed by atoms with Crippen molar-refractivity contribution in [1.82, 2.24) is 5.32 Å². The molecule has 0 aliphatic carbocycles. The van der Waals surface area contributed by atoms with Gasteiger partial charge in [0.1, 0.15) is 5.82 Å². The molecule has 13 heavy (non-hydrogen) atoms. The highest BCUT2D eigenvalue weighted by molar-refractivity contribution is 6.31. The van der Waals surface area contributed by atoms with Crippen LogP contribution in [0.2, 0.25) is 5.02 Å². The van der Waals surface area contributed by atoms with E-state index in [1.165, 1.54) is 12.1 Å². The van der Waals surface area contributed by atoms with Gasteiger partial charge in [0.25, 0.3) is 0 Å². The Kier molecular flexibility index (Phi) is 3.54. The zero-order valence-electron chi connectivity index (χ0n) is 6.89. The summed E-state index contributed by atoms with van der Waals surface area (Å²) in [6.07, 6.45) is 1.04. The topological polar surface area (TPSA) is 12.0 Å². The largest absolute Gasteiger partial charge is 0.310 e. The summed E-state index contributed by atoms with van der Waals surface area (Å²) in [5.74, 6) is -0.219. The van der Waals surface area contributed by atoms with Crippen LogP contribution < -0.4 is 5.32 Å². The van der Waals surface area contributed by atoms with Gasteiger partial charge in [-0.05, 0) is 36.7 Å². The zero-order chi connectivity index (χ0) is 8.55. The van der Waals surface area contributed by atoms with Gasteiger partial charge in [-0.1, -0.05) is 11.6 Å². The highest BCUT2D eigenvalue weighted by Crippen LogP contribution is 2.29. The summed E-state index contributed by atoms with van der Waals surface area (Å²) in [6, 6.07) is 4.74. The summed E-state index contributed by atoms with van der Waals surface area (Å²) < 4.78 is 12.8. The quantitative estimate of drug-likeness (QED) is 0.770. The number of hydrogen-bond acceptors (Lipinski definition) is 1. The molecule has 1 N–H and O–H groups in total. The van der Waals surface area contributed by atoms with Crippen molar-refractivity contribution < 1.29 is 4.39 Å². The third-order valence-electron chi connectivity index (χ3n) is 2.16. The van der Waals surface area contributed by atoms with Crippen LogP contribution in [0.1, 0.15) is 18.0 Å². The Morgan fingerprint density at radius 2 is 2.15 bits per heavy atom. The van der Waals surface area contributed by atoms with E-state index in [1.54, 1.807) is 6.07 Å². The fourth-order valence-electron chi connectivity index (χ4n) is 1.34. The van der Waals surface area contributed by atoms with Gasteiger partial charge in [-0.25, -0.2) is 4.39 Å². The molecule has 0 bridgehead atoms. The number of rotatable bonds is 1. The van der Waals surface area contributed by atoms with Gasteiger partial charge in [0, 0.05) is 11.1 Å². The minimum atomic E-state index is -0.219. The van der Waals surface area contributed by atoms with Gasteiger partial charge in [0.15, 0.2) is 0 Å². The van der Waals surface area contributed by atoms with E-state index in [2.05, 4.69) is 5.32 Å². The van der Waals surface area contributed by atoms with Gasteiger partial charge in [-0.15, -0.1) is 12.4 Å². The molecule has 1 saturated heterocycles. The monoisotopic (exact) mass is 221 g/mol. The average molecular weight is 222 g/mol. The lowest BCUT2D eigenvalue weighted by atomic mass is 9.98. The number of halogens is 3. The normalized spacial score (nSPS) is 20.3. The molecular weight excluding hydrogens is 212 g/mol. The van der Waals surface area contributed by atoms with Crippen LogP contribution in [0.4, 0.5) is 4.39 Å². The second-order valence-electron chi connectivity index (χ2n) is 2.96. The van der Waals surface area contributed by atoms with Crippen LogP contribution in [0.15, 0.2) is 18.2 Å². The van der Waals surface area contributed by atoms with Gasteiger partial charge >= 0.3 is 0 Å². The van der Waals surface area contributed by atoms with Crippen LogP contribution in [0.25, 0.3) is 0 Å². The second-order valence-corrected chi connectivity index (χ2v) is 3.37.